The molecular weight excluding hydrogens is 248 g/mol. The lowest BCUT2D eigenvalue weighted by Gasteiger charge is -2.17. The first kappa shape index (κ1) is 15.0. The van der Waals surface area contributed by atoms with Crippen molar-refractivity contribution in [3.05, 3.63) is 23.7 Å². The third-order valence-electron chi connectivity index (χ3n) is 3.90. The standard InChI is InChI=1S/C10H13N3.C6H13N/c1-11-10-8-5-3-2-4-6-9(8)12-7-13-10;1-6-2-4-7-5-3-6/h3,5,7H,2,4,6H2,1H3,(H,11,12,13);6-7H,2-5H2,1H3. The molecule has 0 saturated carbocycles. The van der Waals surface area contributed by atoms with Crippen molar-refractivity contribution >= 4 is 11.9 Å². The average Bonchev–Trinajstić information content (AvgIpc) is 2.73. The number of piperidine rings is 1. The van der Waals surface area contributed by atoms with Gasteiger partial charge in [0.15, 0.2) is 0 Å². The molecule has 3 rings (SSSR count). The summed E-state index contributed by atoms with van der Waals surface area (Å²) >= 11 is 0. The topological polar surface area (TPSA) is 49.8 Å². The fourth-order valence-corrected chi connectivity index (χ4v) is 2.56. The molecule has 110 valence electrons. The zero-order chi connectivity index (χ0) is 14.2. The molecule has 1 aromatic heterocycles. The van der Waals surface area contributed by atoms with Crippen LogP contribution in [0.5, 0.6) is 0 Å². The van der Waals surface area contributed by atoms with Crippen LogP contribution >= 0.6 is 0 Å². The summed E-state index contributed by atoms with van der Waals surface area (Å²) in [5.41, 5.74) is 2.32. The number of rotatable bonds is 1. The minimum absolute atomic E-state index is 0.933. The van der Waals surface area contributed by atoms with Gasteiger partial charge in [-0.15, -0.1) is 0 Å². The maximum atomic E-state index is 4.29. The van der Waals surface area contributed by atoms with E-state index in [9.17, 15) is 0 Å². The molecule has 2 N–H and O–H groups in total. The Balaban J connectivity index is 0.000000178. The number of anilines is 1. The molecule has 1 saturated heterocycles. The summed E-state index contributed by atoms with van der Waals surface area (Å²) < 4.78 is 0. The van der Waals surface area contributed by atoms with Crippen LogP contribution in [-0.2, 0) is 6.42 Å². The molecule has 0 atom stereocenters. The zero-order valence-corrected chi connectivity index (χ0v) is 12.7. The minimum Gasteiger partial charge on any atom is -0.373 e. The zero-order valence-electron chi connectivity index (χ0n) is 12.7. The van der Waals surface area contributed by atoms with Gasteiger partial charge in [0.05, 0.1) is 5.69 Å². The molecule has 1 aliphatic heterocycles. The highest BCUT2D eigenvalue weighted by atomic mass is 15.0. The van der Waals surface area contributed by atoms with Crippen molar-refractivity contribution in [2.45, 2.75) is 39.0 Å². The lowest BCUT2D eigenvalue weighted by Crippen LogP contribution is -2.26. The molecule has 0 unspecified atom stereocenters. The molecule has 0 radical (unpaired) electrons. The van der Waals surface area contributed by atoms with E-state index >= 15 is 0 Å². The monoisotopic (exact) mass is 274 g/mol. The Hall–Kier alpha value is -1.42. The molecule has 4 heteroatoms. The number of aromatic nitrogens is 2. The van der Waals surface area contributed by atoms with E-state index in [1.54, 1.807) is 6.33 Å². The van der Waals surface area contributed by atoms with Crippen LogP contribution in [0.1, 0.15) is 43.9 Å². The third kappa shape index (κ3) is 4.30. The van der Waals surface area contributed by atoms with Crippen molar-refractivity contribution in [3.8, 4) is 0 Å². The van der Waals surface area contributed by atoms with Crippen LogP contribution in [0, 0.1) is 5.92 Å². The van der Waals surface area contributed by atoms with Crippen molar-refractivity contribution in [1.29, 1.82) is 0 Å². The normalized spacial score (nSPS) is 18.5. The first-order valence-electron chi connectivity index (χ1n) is 7.70. The van der Waals surface area contributed by atoms with Crippen LogP contribution in [0.3, 0.4) is 0 Å². The van der Waals surface area contributed by atoms with E-state index in [2.05, 4.69) is 39.7 Å². The first-order valence-corrected chi connectivity index (χ1v) is 7.70. The highest BCUT2D eigenvalue weighted by Crippen LogP contribution is 2.21. The third-order valence-corrected chi connectivity index (χ3v) is 3.90. The number of nitrogens with zero attached hydrogens (tertiary/aromatic N) is 2. The maximum Gasteiger partial charge on any atom is 0.136 e. The Bertz CT molecular complexity index is 436. The molecule has 2 aliphatic rings. The van der Waals surface area contributed by atoms with Gasteiger partial charge in [-0.05, 0) is 51.1 Å². The van der Waals surface area contributed by atoms with E-state index in [4.69, 9.17) is 0 Å². The van der Waals surface area contributed by atoms with Crippen LogP contribution in [0.25, 0.3) is 6.08 Å². The molecule has 1 fully saturated rings. The van der Waals surface area contributed by atoms with Crippen LogP contribution < -0.4 is 10.6 Å². The van der Waals surface area contributed by atoms with E-state index in [0.29, 0.717) is 0 Å². The molecule has 20 heavy (non-hydrogen) atoms. The summed E-state index contributed by atoms with van der Waals surface area (Å²) in [6.07, 6.45) is 12.1. The predicted molar refractivity (Wildman–Crippen MR) is 84.8 cm³/mol. The lowest BCUT2D eigenvalue weighted by molar-refractivity contribution is 0.402. The molecule has 0 amide bonds. The molecular formula is C16H26N4. The largest absolute Gasteiger partial charge is 0.373 e. The second-order valence-corrected chi connectivity index (χ2v) is 5.56. The van der Waals surface area contributed by atoms with Crippen LogP contribution in [-0.4, -0.2) is 30.1 Å². The van der Waals surface area contributed by atoms with Gasteiger partial charge in [-0.25, -0.2) is 9.97 Å². The SMILES string of the molecule is CC1CCNCC1.CNc1ncnc2c1C=CCCC2. The number of fused-ring (bicyclic) bond motifs is 1. The summed E-state index contributed by atoms with van der Waals surface area (Å²) in [6, 6.07) is 0. The molecule has 0 bridgehead atoms. The van der Waals surface area contributed by atoms with Gasteiger partial charge < -0.3 is 10.6 Å². The minimum atomic E-state index is 0.933. The van der Waals surface area contributed by atoms with Gasteiger partial charge in [-0.2, -0.15) is 0 Å². The van der Waals surface area contributed by atoms with Crippen molar-refractivity contribution in [2.75, 3.05) is 25.5 Å². The summed E-state index contributed by atoms with van der Waals surface area (Å²) in [6.45, 7) is 4.79. The molecule has 1 aromatic rings. The maximum absolute atomic E-state index is 4.29. The summed E-state index contributed by atoms with van der Waals surface area (Å²) in [4.78, 5) is 8.46. The van der Waals surface area contributed by atoms with Gasteiger partial charge in [0, 0.05) is 12.6 Å². The molecule has 1 aliphatic carbocycles. The van der Waals surface area contributed by atoms with Gasteiger partial charge in [-0.3, -0.25) is 0 Å². The van der Waals surface area contributed by atoms with Crippen molar-refractivity contribution in [2.24, 2.45) is 5.92 Å². The fourth-order valence-electron chi connectivity index (χ4n) is 2.56. The second-order valence-electron chi connectivity index (χ2n) is 5.56. The lowest BCUT2D eigenvalue weighted by atomic mass is 10.0. The van der Waals surface area contributed by atoms with Gasteiger partial charge in [0.1, 0.15) is 12.1 Å². The number of nitrogens with one attached hydrogen (secondary N) is 2. The Labute approximate surface area is 122 Å². The molecule has 0 spiro atoms. The summed E-state index contributed by atoms with van der Waals surface area (Å²) in [5, 5.41) is 6.40. The average molecular weight is 274 g/mol. The second kappa shape index (κ2) is 8.00. The van der Waals surface area contributed by atoms with Crippen molar-refractivity contribution in [1.82, 2.24) is 15.3 Å². The Kier molecular flexibility index (Phi) is 5.99. The molecule has 4 nitrogen and oxygen atoms in total. The van der Waals surface area contributed by atoms with Crippen molar-refractivity contribution < 1.29 is 0 Å². The first-order chi connectivity index (χ1) is 9.81. The number of allylic oxidation sites excluding steroid dienone is 1. The Morgan fingerprint density at radius 3 is 2.70 bits per heavy atom. The van der Waals surface area contributed by atoms with Gasteiger partial charge in [0.2, 0.25) is 0 Å². The highest BCUT2D eigenvalue weighted by molar-refractivity contribution is 5.65. The number of hydrogen-bond donors (Lipinski definition) is 2. The molecule has 2 heterocycles. The van der Waals surface area contributed by atoms with E-state index < -0.39 is 0 Å². The quantitative estimate of drug-likeness (QED) is 0.827. The smallest absolute Gasteiger partial charge is 0.136 e. The predicted octanol–water partition coefficient (Wildman–Crippen LogP) is 2.87. The van der Waals surface area contributed by atoms with Gasteiger partial charge >= 0.3 is 0 Å². The van der Waals surface area contributed by atoms with E-state index in [1.165, 1.54) is 32.4 Å². The number of aryl methyl sites for hydroxylation is 1. The van der Waals surface area contributed by atoms with Crippen LogP contribution in [0.2, 0.25) is 0 Å². The Morgan fingerprint density at radius 2 is 2.05 bits per heavy atom. The molecule has 0 aromatic carbocycles. The van der Waals surface area contributed by atoms with E-state index in [-0.39, 0.29) is 0 Å². The summed E-state index contributed by atoms with van der Waals surface area (Å²) in [7, 11) is 1.89. The van der Waals surface area contributed by atoms with Crippen molar-refractivity contribution in [3.63, 3.8) is 0 Å². The van der Waals surface area contributed by atoms with Gasteiger partial charge in [0.25, 0.3) is 0 Å². The van der Waals surface area contributed by atoms with E-state index in [1.807, 2.05) is 7.05 Å². The van der Waals surface area contributed by atoms with E-state index in [0.717, 1.165) is 35.8 Å². The van der Waals surface area contributed by atoms with Gasteiger partial charge in [-0.1, -0.05) is 19.1 Å². The number of hydrogen-bond acceptors (Lipinski definition) is 4. The Morgan fingerprint density at radius 1 is 1.25 bits per heavy atom. The van der Waals surface area contributed by atoms with Crippen LogP contribution in [0.15, 0.2) is 12.4 Å². The fraction of sp³-hybridized carbons (Fsp3) is 0.625. The van der Waals surface area contributed by atoms with Crippen LogP contribution in [0.4, 0.5) is 5.82 Å². The highest BCUT2D eigenvalue weighted by Gasteiger charge is 2.09. The summed E-state index contributed by atoms with van der Waals surface area (Å²) in [5.74, 6) is 1.91.